The molecule has 3 fully saturated rings. The van der Waals surface area contributed by atoms with Crippen LogP contribution in [0.4, 0.5) is 4.79 Å². The summed E-state index contributed by atoms with van der Waals surface area (Å²) >= 11 is 1.48. The van der Waals surface area contributed by atoms with Gasteiger partial charge in [-0.3, -0.25) is 19.1 Å². The van der Waals surface area contributed by atoms with Crippen molar-refractivity contribution in [2.75, 3.05) is 25.2 Å². The highest BCUT2D eigenvalue weighted by Gasteiger charge is 2.62. The molecule has 0 bridgehead atoms. The first kappa shape index (κ1) is 39.4. The number of hydrogen-bond acceptors (Lipinski definition) is 13. The van der Waals surface area contributed by atoms with Crippen molar-refractivity contribution in [3.05, 3.63) is 48.9 Å². The number of nitrogens with one attached hydrogen (secondary N) is 3. The first-order chi connectivity index (χ1) is 26.7. The number of fused-ring (bicyclic) bond motifs is 3. The predicted molar refractivity (Wildman–Crippen MR) is 206 cm³/mol. The number of pyridine rings is 1. The topological polar surface area (TPSA) is 208 Å². The van der Waals surface area contributed by atoms with E-state index in [-0.39, 0.29) is 36.9 Å². The Morgan fingerprint density at radius 3 is 2.68 bits per heavy atom. The summed E-state index contributed by atoms with van der Waals surface area (Å²) in [6.45, 7) is 5.07. The molecule has 0 spiro atoms. The summed E-state index contributed by atoms with van der Waals surface area (Å²) in [5.74, 6) is -0.545. The van der Waals surface area contributed by atoms with E-state index in [4.69, 9.17) is 23.6 Å². The molecule has 3 N–H and O–H groups in total. The molecular weight excluding hydrogens is 765 g/mol. The van der Waals surface area contributed by atoms with Crippen LogP contribution in [0.5, 0.6) is 11.6 Å². The lowest BCUT2D eigenvalue weighted by Crippen LogP contribution is -2.58. The molecule has 2 saturated carbocycles. The lowest BCUT2D eigenvalue weighted by Gasteiger charge is -2.30. The number of amides is 4. The number of oxazole rings is 1. The van der Waals surface area contributed by atoms with Crippen molar-refractivity contribution in [3.8, 4) is 23.2 Å². The number of aromatic nitrogens is 2. The Morgan fingerprint density at radius 1 is 1.16 bits per heavy atom. The van der Waals surface area contributed by atoms with Gasteiger partial charge in [-0.2, -0.15) is 11.8 Å². The van der Waals surface area contributed by atoms with Gasteiger partial charge in [-0.25, -0.2) is 23.2 Å². The molecule has 4 heterocycles. The van der Waals surface area contributed by atoms with Gasteiger partial charge in [0.05, 0.1) is 25.1 Å². The van der Waals surface area contributed by atoms with Crippen LogP contribution in [-0.4, -0.2) is 107 Å². The summed E-state index contributed by atoms with van der Waals surface area (Å²) < 4.78 is 51.0. The molecule has 18 heteroatoms. The first-order valence-corrected chi connectivity index (χ1v) is 21.3. The van der Waals surface area contributed by atoms with Gasteiger partial charge in [-0.05, 0) is 88.3 Å². The molecule has 7 rings (SSSR count). The van der Waals surface area contributed by atoms with E-state index in [0.29, 0.717) is 47.2 Å². The second kappa shape index (κ2) is 15.6. The van der Waals surface area contributed by atoms with Crippen LogP contribution < -0.4 is 24.8 Å². The van der Waals surface area contributed by atoms with Crippen molar-refractivity contribution < 1.29 is 46.2 Å². The van der Waals surface area contributed by atoms with Crippen molar-refractivity contribution in [1.29, 1.82) is 0 Å². The Bertz CT molecular complexity index is 2140. The number of allylic oxidation sites excluding steroid dienone is 1. The van der Waals surface area contributed by atoms with Crippen molar-refractivity contribution in [3.63, 3.8) is 0 Å². The van der Waals surface area contributed by atoms with Gasteiger partial charge in [0.25, 0.3) is 5.91 Å². The van der Waals surface area contributed by atoms with Crippen molar-refractivity contribution in [2.45, 2.75) is 93.9 Å². The first-order valence-electron chi connectivity index (χ1n) is 18.6. The molecule has 5 atom stereocenters. The van der Waals surface area contributed by atoms with E-state index in [0.717, 1.165) is 6.42 Å². The second-order valence-corrected chi connectivity index (χ2v) is 18.6. The highest BCUT2D eigenvalue weighted by molar-refractivity contribution is 7.99. The zero-order chi connectivity index (χ0) is 39.8. The fourth-order valence-corrected chi connectivity index (χ4v) is 9.33. The third-order valence-corrected chi connectivity index (χ3v) is 13.0. The fourth-order valence-electron chi connectivity index (χ4n) is 6.97. The van der Waals surface area contributed by atoms with Gasteiger partial charge < -0.3 is 34.2 Å². The molecule has 2 aromatic heterocycles. The van der Waals surface area contributed by atoms with E-state index < -0.39 is 74.3 Å². The minimum absolute atomic E-state index is 0.00892. The molecule has 1 saturated heterocycles. The van der Waals surface area contributed by atoms with E-state index in [1.807, 2.05) is 18.2 Å². The number of carbonyl (C=O) groups excluding carboxylic acids is 4. The smallest absolute Gasteiger partial charge is 0.408 e. The number of nitrogens with zero attached hydrogens (tertiary/aromatic N) is 3. The van der Waals surface area contributed by atoms with Crippen LogP contribution >= 0.6 is 11.8 Å². The van der Waals surface area contributed by atoms with Crippen molar-refractivity contribution in [1.82, 2.24) is 30.2 Å². The Hall–Kier alpha value is -4.84. The van der Waals surface area contributed by atoms with Crippen LogP contribution in [-0.2, 0) is 29.1 Å². The number of benzene rings is 1. The van der Waals surface area contributed by atoms with Gasteiger partial charge in [0.1, 0.15) is 47.0 Å². The molecule has 2 aliphatic carbocycles. The average molecular weight is 811 g/mol. The predicted octanol–water partition coefficient (Wildman–Crippen LogP) is 3.71. The lowest BCUT2D eigenvalue weighted by molar-refractivity contribution is -0.140. The Labute approximate surface area is 328 Å². The zero-order valence-electron chi connectivity index (χ0n) is 31.6. The lowest BCUT2D eigenvalue weighted by atomic mass is 10.1. The molecule has 3 aromatic rings. The molecule has 1 aromatic carbocycles. The molecule has 56 heavy (non-hydrogen) atoms. The van der Waals surface area contributed by atoms with Crippen LogP contribution in [0.1, 0.15) is 59.3 Å². The Kier molecular flexibility index (Phi) is 11.0. The quantitative estimate of drug-likeness (QED) is 0.278. The fraction of sp³-hybridized carbons (Fsp3) is 0.526. The van der Waals surface area contributed by atoms with Gasteiger partial charge in [-0.15, -0.1) is 0 Å². The number of hydrogen-bond donors (Lipinski definition) is 3. The van der Waals surface area contributed by atoms with Gasteiger partial charge in [0.15, 0.2) is 0 Å². The number of rotatable bonds is 8. The molecule has 2 aliphatic heterocycles. The molecule has 2 unspecified atom stereocenters. The Morgan fingerprint density at radius 2 is 1.96 bits per heavy atom. The summed E-state index contributed by atoms with van der Waals surface area (Å²) in [5, 5.41) is 6.28. The standard InChI is InChI=1S/C38H46N6O10S2/c1-37(2,3)54-36(48)41-29-21-55-15-7-5-6-8-23-19-38(23,35(47)43-56(49,50)26-10-11-26)42-31(45)30-18-25(20-44(30)34(29)46)53-32-27-12-9-24(51-4)16-22(27)17-28(40-32)33-39-13-14-52-33/h6,8-9,12-14,16-17,23,25-26,29-30H,5,7,10-11,15,18-21H2,1-4H3,(H,41,48)(H,42,45)(H,43,47)/b8-6-/t23?,25?,29-,30-,38+/m0/s1. The van der Waals surface area contributed by atoms with Gasteiger partial charge in [0, 0.05) is 23.5 Å². The van der Waals surface area contributed by atoms with E-state index in [2.05, 4.69) is 20.3 Å². The number of alkyl carbamates (subject to hydrolysis) is 1. The molecule has 16 nitrogen and oxygen atoms in total. The minimum atomic E-state index is -3.91. The molecular formula is C38H46N6O10S2. The van der Waals surface area contributed by atoms with Crippen molar-refractivity contribution in [2.24, 2.45) is 5.92 Å². The highest BCUT2D eigenvalue weighted by atomic mass is 32.2. The third-order valence-electron chi connectivity index (χ3n) is 10.0. The normalized spacial score (nSPS) is 26.5. The molecule has 0 radical (unpaired) electrons. The van der Waals surface area contributed by atoms with E-state index >= 15 is 0 Å². The maximum Gasteiger partial charge on any atom is 0.408 e. The number of ether oxygens (including phenoxy) is 3. The Balaban J connectivity index is 1.22. The minimum Gasteiger partial charge on any atom is -0.497 e. The summed E-state index contributed by atoms with van der Waals surface area (Å²) in [6, 6.07) is 4.91. The molecule has 4 aliphatic rings. The summed E-state index contributed by atoms with van der Waals surface area (Å²) in [4.78, 5) is 66.1. The summed E-state index contributed by atoms with van der Waals surface area (Å²) in [6.07, 6.45) is 7.62. The SMILES string of the molecule is COc1ccc2c(OC3C[C@H]4C(=O)N[C@]5(C(=O)NS(=O)(=O)C6CC6)CC5/C=C\CCCSC[C@H](NC(=O)OC(C)(C)C)C(=O)N4C3)nc(-c3ncco3)cc2c1. The maximum atomic E-state index is 14.6. The monoisotopic (exact) mass is 810 g/mol. The van der Waals surface area contributed by atoms with Gasteiger partial charge >= 0.3 is 6.09 Å². The zero-order valence-corrected chi connectivity index (χ0v) is 33.2. The largest absolute Gasteiger partial charge is 0.497 e. The summed E-state index contributed by atoms with van der Waals surface area (Å²) in [7, 11) is -2.36. The number of carbonyl (C=O) groups is 4. The van der Waals surface area contributed by atoms with Crippen LogP contribution in [0.25, 0.3) is 22.4 Å². The van der Waals surface area contributed by atoms with Crippen LogP contribution in [0, 0.1) is 5.92 Å². The van der Waals surface area contributed by atoms with Gasteiger partial charge in [-0.1, -0.05) is 12.2 Å². The van der Waals surface area contributed by atoms with E-state index in [1.165, 1.54) is 29.1 Å². The summed E-state index contributed by atoms with van der Waals surface area (Å²) in [5.41, 5.74) is -1.98. The van der Waals surface area contributed by atoms with Gasteiger partial charge in [0.2, 0.25) is 33.6 Å². The van der Waals surface area contributed by atoms with Crippen molar-refractivity contribution >= 4 is 56.4 Å². The number of thioether (sulfide) groups is 1. The second-order valence-electron chi connectivity index (χ2n) is 15.5. The number of sulfonamides is 1. The van der Waals surface area contributed by atoms with Crippen LogP contribution in [0.2, 0.25) is 0 Å². The van der Waals surface area contributed by atoms with E-state index in [1.54, 1.807) is 46.1 Å². The third kappa shape index (κ3) is 8.75. The van der Waals surface area contributed by atoms with E-state index in [9.17, 15) is 27.6 Å². The molecule has 300 valence electrons. The highest BCUT2D eigenvalue weighted by Crippen LogP contribution is 2.46. The maximum absolute atomic E-state index is 14.6. The average Bonchev–Trinajstić information content (AvgIpc) is 4.00. The number of methoxy groups -OCH3 is 1. The molecule has 4 amide bonds. The van der Waals surface area contributed by atoms with Crippen LogP contribution in [0.3, 0.4) is 0 Å². The van der Waals surface area contributed by atoms with Crippen LogP contribution in [0.15, 0.2) is 53.3 Å².